The second-order valence-electron chi connectivity index (χ2n) is 4.81. The van der Waals surface area contributed by atoms with Gasteiger partial charge in [0.1, 0.15) is 5.76 Å². The maximum atomic E-state index is 12.6. The quantitative estimate of drug-likeness (QED) is 0.702. The summed E-state index contributed by atoms with van der Waals surface area (Å²) in [5.41, 5.74) is 0.871. The van der Waals surface area contributed by atoms with Gasteiger partial charge in [-0.25, -0.2) is 0 Å². The van der Waals surface area contributed by atoms with Crippen LogP contribution in [0.1, 0.15) is 21.9 Å². The molecule has 0 radical (unpaired) electrons. The van der Waals surface area contributed by atoms with Gasteiger partial charge < -0.3 is 13.7 Å². The summed E-state index contributed by atoms with van der Waals surface area (Å²) < 4.78 is 10.6. The van der Waals surface area contributed by atoms with Gasteiger partial charge in [0.05, 0.1) is 19.1 Å². The van der Waals surface area contributed by atoms with Crippen molar-refractivity contribution in [3.05, 3.63) is 83.2 Å². The van der Waals surface area contributed by atoms with Crippen LogP contribution in [0.4, 0.5) is 0 Å². The SMILES string of the molecule is O=C(c1ccco1)N(Cc1ccco1)Cc1ccccc1Cl. The van der Waals surface area contributed by atoms with Crippen LogP contribution >= 0.6 is 11.6 Å². The fraction of sp³-hybridized carbons (Fsp3) is 0.118. The van der Waals surface area contributed by atoms with Gasteiger partial charge in [0.2, 0.25) is 0 Å². The first kappa shape index (κ1) is 14.5. The molecule has 0 spiro atoms. The molecule has 2 aromatic heterocycles. The molecule has 1 aromatic carbocycles. The molecule has 3 rings (SSSR count). The van der Waals surface area contributed by atoms with Crippen LogP contribution in [0.25, 0.3) is 0 Å². The Labute approximate surface area is 132 Å². The minimum Gasteiger partial charge on any atom is -0.467 e. The Kier molecular flexibility index (Phi) is 4.30. The van der Waals surface area contributed by atoms with Crippen LogP contribution in [0.15, 0.2) is 69.9 Å². The van der Waals surface area contributed by atoms with E-state index in [1.807, 2.05) is 24.3 Å². The molecule has 1 amide bonds. The average molecular weight is 316 g/mol. The summed E-state index contributed by atoms with van der Waals surface area (Å²) in [5.74, 6) is 0.784. The van der Waals surface area contributed by atoms with Gasteiger partial charge in [-0.05, 0) is 35.9 Å². The summed E-state index contributed by atoms with van der Waals surface area (Å²) in [5, 5.41) is 0.624. The molecule has 0 unspecified atom stereocenters. The Balaban J connectivity index is 1.85. The molecule has 0 aliphatic heterocycles. The maximum Gasteiger partial charge on any atom is 0.290 e. The summed E-state index contributed by atoms with van der Waals surface area (Å²) in [6, 6.07) is 14.4. The lowest BCUT2D eigenvalue weighted by atomic mass is 10.2. The van der Waals surface area contributed by atoms with E-state index in [0.29, 0.717) is 29.6 Å². The van der Waals surface area contributed by atoms with E-state index in [9.17, 15) is 4.79 Å². The fourth-order valence-corrected chi connectivity index (χ4v) is 2.37. The Hall–Kier alpha value is -2.46. The standard InChI is InChI=1S/C17H14ClNO3/c18-15-7-2-1-5-13(15)11-19(12-14-6-3-9-21-14)17(20)16-8-4-10-22-16/h1-10H,11-12H2. The van der Waals surface area contributed by atoms with E-state index in [1.165, 1.54) is 6.26 Å². The third-order valence-corrected chi connectivity index (χ3v) is 3.63. The largest absolute Gasteiger partial charge is 0.467 e. The molecule has 0 aliphatic rings. The number of hydrogen-bond acceptors (Lipinski definition) is 3. The molecule has 0 fully saturated rings. The maximum absolute atomic E-state index is 12.6. The van der Waals surface area contributed by atoms with Gasteiger partial charge in [0.25, 0.3) is 5.91 Å². The van der Waals surface area contributed by atoms with Crippen molar-refractivity contribution in [2.75, 3.05) is 0 Å². The summed E-state index contributed by atoms with van der Waals surface area (Å²) in [6.07, 6.45) is 3.06. The first-order valence-corrected chi connectivity index (χ1v) is 7.20. The molecule has 2 heterocycles. The Morgan fingerprint density at radius 3 is 2.41 bits per heavy atom. The highest BCUT2D eigenvalue weighted by Gasteiger charge is 2.20. The van der Waals surface area contributed by atoms with Crippen LogP contribution in [0.3, 0.4) is 0 Å². The predicted molar refractivity (Wildman–Crippen MR) is 82.4 cm³/mol. The van der Waals surface area contributed by atoms with Crippen LogP contribution in [0.2, 0.25) is 5.02 Å². The second-order valence-corrected chi connectivity index (χ2v) is 5.22. The lowest BCUT2D eigenvalue weighted by Gasteiger charge is -2.21. The number of rotatable bonds is 5. The monoisotopic (exact) mass is 315 g/mol. The molecular weight excluding hydrogens is 302 g/mol. The highest BCUT2D eigenvalue weighted by molar-refractivity contribution is 6.31. The minimum absolute atomic E-state index is 0.207. The van der Waals surface area contributed by atoms with Crippen LogP contribution < -0.4 is 0 Å². The lowest BCUT2D eigenvalue weighted by molar-refractivity contribution is 0.0685. The van der Waals surface area contributed by atoms with Gasteiger partial charge in [-0.3, -0.25) is 4.79 Å². The fourth-order valence-electron chi connectivity index (χ4n) is 2.18. The van der Waals surface area contributed by atoms with Crippen molar-refractivity contribution in [2.24, 2.45) is 0 Å². The molecule has 0 atom stereocenters. The number of hydrogen-bond donors (Lipinski definition) is 0. The van der Waals surface area contributed by atoms with Crippen LogP contribution in [0.5, 0.6) is 0 Å². The lowest BCUT2D eigenvalue weighted by Crippen LogP contribution is -2.29. The molecule has 0 N–H and O–H groups in total. The smallest absolute Gasteiger partial charge is 0.290 e. The molecule has 4 nitrogen and oxygen atoms in total. The number of benzene rings is 1. The van der Waals surface area contributed by atoms with Crippen molar-refractivity contribution in [1.29, 1.82) is 0 Å². The first-order chi connectivity index (χ1) is 10.7. The number of halogens is 1. The van der Waals surface area contributed by atoms with Crippen molar-refractivity contribution in [3.8, 4) is 0 Å². The van der Waals surface area contributed by atoms with Crippen molar-refractivity contribution in [1.82, 2.24) is 4.90 Å². The first-order valence-electron chi connectivity index (χ1n) is 6.82. The number of nitrogens with zero attached hydrogens (tertiary/aromatic N) is 1. The molecule has 0 aliphatic carbocycles. The molecule has 5 heteroatoms. The van der Waals surface area contributed by atoms with Crippen molar-refractivity contribution < 1.29 is 13.6 Å². The van der Waals surface area contributed by atoms with Crippen LogP contribution in [-0.4, -0.2) is 10.8 Å². The topological polar surface area (TPSA) is 46.6 Å². The molecule has 0 saturated heterocycles. The van der Waals surface area contributed by atoms with Crippen molar-refractivity contribution in [3.63, 3.8) is 0 Å². The van der Waals surface area contributed by atoms with Gasteiger partial charge in [-0.1, -0.05) is 29.8 Å². The number of amides is 1. The number of carbonyl (C=O) groups excluding carboxylic acids is 1. The number of furan rings is 2. The summed E-state index contributed by atoms with van der Waals surface area (Å²) in [7, 11) is 0. The van der Waals surface area contributed by atoms with Gasteiger partial charge >= 0.3 is 0 Å². The third kappa shape index (κ3) is 3.23. The molecule has 22 heavy (non-hydrogen) atoms. The molecule has 0 bridgehead atoms. The van der Waals surface area contributed by atoms with E-state index in [0.717, 1.165) is 5.56 Å². The molecular formula is C17H14ClNO3. The second kappa shape index (κ2) is 6.54. The van der Waals surface area contributed by atoms with Crippen LogP contribution in [0, 0.1) is 0 Å². The predicted octanol–water partition coefficient (Wildman–Crippen LogP) is 4.37. The zero-order valence-corrected chi connectivity index (χ0v) is 12.5. The van der Waals surface area contributed by atoms with Gasteiger partial charge in [0, 0.05) is 11.6 Å². The van der Waals surface area contributed by atoms with E-state index in [1.54, 1.807) is 35.4 Å². The third-order valence-electron chi connectivity index (χ3n) is 3.27. The van der Waals surface area contributed by atoms with E-state index in [4.69, 9.17) is 20.4 Å². The highest BCUT2D eigenvalue weighted by atomic mass is 35.5. The molecule has 0 saturated carbocycles. The Bertz CT molecular complexity index is 735. The summed E-state index contributed by atoms with van der Waals surface area (Å²) in [6.45, 7) is 0.720. The van der Waals surface area contributed by atoms with Crippen LogP contribution in [-0.2, 0) is 13.1 Å². The average Bonchev–Trinajstić information content (AvgIpc) is 3.21. The van der Waals surface area contributed by atoms with Gasteiger partial charge in [0.15, 0.2) is 5.76 Å². The highest BCUT2D eigenvalue weighted by Crippen LogP contribution is 2.20. The van der Waals surface area contributed by atoms with Gasteiger partial charge in [-0.15, -0.1) is 0 Å². The summed E-state index contributed by atoms with van der Waals surface area (Å²) in [4.78, 5) is 14.2. The Morgan fingerprint density at radius 2 is 1.73 bits per heavy atom. The number of carbonyl (C=O) groups is 1. The zero-order chi connectivity index (χ0) is 15.4. The van der Waals surface area contributed by atoms with E-state index in [-0.39, 0.29) is 5.91 Å². The van der Waals surface area contributed by atoms with Crippen molar-refractivity contribution >= 4 is 17.5 Å². The molecule has 3 aromatic rings. The molecule has 112 valence electrons. The van der Waals surface area contributed by atoms with Crippen molar-refractivity contribution in [2.45, 2.75) is 13.1 Å². The zero-order valence-electron chi connectivity index (χ0n) is 11.7. The van der Waals surface area contributed by atoms with E-state index >= 15 is 0 Å². The van der Waals surface area contributed by atoms with E-state index < -0.39 is 0 Å². The minimum atomic E-state index is -0.207. The van der Waals surface area contributed by atoms with Gasteiger partial charge in [-0.2, -0.15) is 0 Å². The summed E-state index contributed by atoms with van der Waals surface area (Å²) >= 11 is 6.19. The van der Waals surface area contributed by atoms with E-state index in [2.05, 4.69) is 0 Å². The Morgan fingerprint density at radius 1 is 0.955 bits per heavy atom. The normalized spacial score (nSPS) is 10.6.